The van der Waals surface area contributed by atoms with Crippen molar-refractivity contribution in [2.24, 2.45) is 5.73 Å². The highest BCUT2D eigenvalue weighted by Crippen LogP contribution is 2.23. The molecule has 0 spiro atoms. The fourth-order valence-corrected chi connectivity index (χ4v) is 2.32. The molecule has 2 rings (SSSR count). The number of rotatable bonds is 4. The van der Waals surface area contributed by atoms with Crippen molar-refractivity contribution in [2.45, 2.75) is 32.4 Å². The van der Waals surface area contributed by atoms with Gasteiger partial charge in [0.1, 0.15) is 0 Å². The van der Waals surface area contributed by atoms with E-state index in [1.807, 2.05) is 11.8 Å². The summed E-state index contributed by atoms with van der Waals surface area (Å²) in [5, 5.41) is 0. The molecule has 4 nitrogen and oxygen atoms in total. The number of hydrogen-bond donors (Lipinski definition) is 1. The fraction of sp³-hybridized carbons (Fsp3) is 0.615. The molecule has 1 aliphatic heterocycles. The van der Waals surface area contributed by atoms with Gasteiger partial charge in [-0.3, -0.25) is 0 Å². The van der Waals surface area contributed by atoms with Crippen LogP contribution < -0.4 is 10.6 Å². The molecule has 0 saturated carbocycles. The Kier molecular flexibility index (Phi) is 4.49. The average molecular weight is 253 g/mol. The number of nitrogens with two attached hydrogens (primary N) is 1. The number of halogens is 1. The molecule has 2 heterocycles. The average Bonchev–Trinajstić information content (AvgIpc) is 2.41. The van der Waals surface area contributed by atoms with Crippen LogP contribution in [0.2, 0.25) is 0 Å². The Labute approximate surface area is 107 Å². The summed E-state index contributed by atoms with van der Waals surface area (Å²) in [6.07, 6.45) is 3.76. The quantitative estimate of drug-likeness (QED) is 0.887. The highest BCUT2D eigenvalue weighted by atomic mass is 19.1. The summed E-state index contributed by atoms with van der Waals surface area (Å²) in [6, 6.07) is 1.63. The minimum Gasteiger partial charge on any atom is -0.378 e. The molecular formula is C13H20FN3O. The molecule has 100 valence electrons. The zero-order valence-corrected chi connectivity index (χ0v) is 10.7. The lowest BCUT2D eigenvalue weighted by molar-refractivity contribution is 0.0457. The summed E-state index contributed by atoms with van der Waals surface area (Å²) < 4.78 is 19.7. The van der Waals surface area contributed by atoms with Gasteiger partial charge in [0.25, 0.3) is 0 Å². The standard InChI is InChI=1S/C13H20FN3O/c1-2-18-11-4-7-17(8-5-11)13-12(14)10(9-15)3-6-16-13/h3,6,11H,2,4-5,7-9,15H2,1H3. The van der Waals surface area contributed by atoms with Crippen molar-refractivity contribution in [2.75, 3.05) is 24.6 Å². The molecule has 2 N–H and O–H groups in total. The molecule has 0 radical (unpaired) electrons. The van der Waals surface area contributed by atoms with Crippen LogP contribution >= 0.6 is 0 Å². The van der Waals surface area contributed by atoms with Crippen LogP contribution in [0.25, 0.3) is 0 Å². The fourth-order valence-electron chi connectivity index (χ4n) is 2.32. The van der Waals surface area contributed by atoms with Crippen LogP contribution in [0.1, 0.15) is 25.3 Å². The Hall–Kier alpha value is -1.20. The summed E-state index contributed by atoms with van der Waals surface area (Å²) in [5.74, 6) is 0.141. The zero-order valence-electron chi connectivity index (χ0n) is 10.7. The van der Waals surface area contributed by atoms with Crippen LogP contribution in [-0.4, -0.2) is 30.8 Å². The Morgan fingerprint density at radius 3 is 2.83 bits per heavy atom. The molecule has 1 saturated heterocycles. The van der Waals surface area contributed by atoms with Crippen molar-refractivity contribution in [3.8, 4) is 0 Å². The molecule has 1 fully saturated rings. The molecule has 18 heavy (non-hydrogen) atoms. The highest BCUT2D eigenvalue weighted by Gasteiger charge is 2.23. The van der Waals surface area contributed by atoms with Crippen LogP contribution in [0.4, 0.5) is 10.2 Å². The maximum Gasteiger partial charge on any atom is 0.170 e. The SMILES string of the molecule is CCOC1CCN(c2nccc(CN)c2F)CC1. The largest absolute Gasteiger partial charge is 0.378 e. The third kappa shape index (κ3) is 2.79. The normalized spacial score (nSPS) is 17.2. The first-order valence-corrected chi connectivity index (χ1v) is 6.46. The van der Waals surface area contributed by atoms with Crippen LogP contribution in [0.15, 0.2) is 12.3 Å². The van der Waals surface area contributed by atoms with E-state index in [4.69, 9.17) is 10.5 Å². The lowest BCUT2D eigenvalue weighted by atomic mass is 10.1. The van der Waals surface area contributed by atoms with Gasteiger partial charge in [-0.2, -0.15) is 0 Å². The van der Waals surface area contributed by atoms with E-state index in [9.17, 15) is 4.39 Å². The number of ether oxygens (including phenoxy) is 1. The van der Waals surface area contributed by atoms with E-state index in [1.54, 1.807) is 12.3 Å². The molecule has 0 amide bonds. The second kappa shape index (κ2) is 6.11. The number of hydrogen-bond acceptors (Lipinski definition) is 4. The Balaban J connectivity index is 2.05. The lowest BCUT2D eigenvalue weighted by Gasteiger charge is -2.32. The van der Waals surface area contributed by atoms with E-state index in [1.165, 1.54) is 0 Å². The molecular weight excluding hydrogens is 233 g/mol. The minimum atomic E-state index is -0.283. The lowest BCUT2D eigenvalue weighted by Crippen LogP contribution is -2.38. The molecule has 0 aliphatic carbocycles. The van der Waals surface area contributed by atoms with Gasteiger partial charge in [0.05, 0.1) is 6.10 Å². The second-order valence-electron chi connectivity index (χ2n) is 4.45. The van der Waals surface area contributed by atoms with Crippen molar-refractivity contribution in [3.63, 3.8) is 0 Å². The van der Waals surface area contributed by atoms with Crippen LogP contribution in [0.5, 0.6) is 0 Å². The zero-order chi connectivity index (χ0) is 13.0. The smallest absolute Gasteiger partial charge is 0.170 e. The van der Waals surface area contributed by atoms with E-state index in [0.717, 1.165) is 32.5 Å². The van der Waals surface area contributed by atoms with Gasteiger partial charge in [-0.05, 0) is 25.8 Å². The van der Waals surface area contributed by atoms with Gasteiger partial charge in [-0.25, -0.2) is 9.37 Å². The molecule has 0 bridgehead atoms. The monoisotopic (exact) mass is 253 g/mol. The van der Waals surface area contributed by atoms with Crippen LogP contribution in [0, 0.1) is 5.82 Å². The second-order valence-corrected chi connectivity index (χ2v) is 4.45. The van der Waals surface area contributed by atoms with Gasteiger partial charge in [-0.15, -0.1) is 0 Å². The van der Waals surface area contributed by atoms with Gasteiger partial charge in [0.15, 0.2) is 11.6 Å². The number of pyridine rings is 1. The molecule has 5 heteroatoms. The molecule has 0 aromatic carbocycles. The molecule has 1 aromatic heterocycles. The number of piperidine rings is 1. The van der Waals surface area contributed by atoms with Crippen molar-refractivity contribution in [1.82, 2.24) is 4.98 Å². The summed E-state index contributed by atoms with van der Waals surface area (Å²) in [4.78, 5) is 6.11. The topological polar surface area (TPSA) is 51.4 Å². The van der Waals surface area contributed by atoms with Crippen molar-refractivity contribution in [3.05, 3.63) is 23.6 Å². The Morgan fingerprint density at radius 1 is 1.50 bits per heavy atom. The minimum absolute atomic E-state index is 0.205. The third-order valence-electron chi connectivity index (χ3n) is 3.31. The number of nitrogens with zero attached hydrogens (tertiary/aromatic N) is 2. The van der Waals surface area contributed by atoms with E-state index in [0.29, 0.717) is 17.5 Å². The van der Waals surface area contributed by atoms with Gasteiger partial charge < -0.3 is 15.4 Å². The van der Waals surface area contributed by atoms with Crippen molar-refractivity contribution in [1.29, 1.82) is 0 Å². The maximum atomic E-state index is 14.1. The predicted octanol–water partition coefficient (Wildman–Crippen LogP) is 1.68. The Morgan fingerprint density at radius 2 is 2.22 bits per heavy atom. The summed E-state index contributed by atoms with van der Waals surface area (Å²) in [6.45, 7) is 4.50. The first-order chi connectivity index (χ1) is 8.76. The van der Waals surface area contributed by atoms with Gasteiger partial charge in [0, 0.05) is 38.0 Å². The summed E-state index contributed by atoms with van der Waals surface area (Å²) in [7, 11) is 0. The number of anilines is 1. The van der Waals surface area contributed by atoms with E-state index in [2.05, 4.69) is 4.98 Å². The molecule has 1 aliphatic rings. The molecule has 1 aromatic rings. The van der Waals surface area contributed by atoms with Crippen LogP contribution in [0.3, 0.4) is 0 Å². The van der Waals surface area contributed by atoms with E-state index in [-0.39, 0.29) is 12.4 Å². The van der Waals surface area contributed by atoms with E-state index < -0.39 is 0 Å². The predicted molar refractivity (Wildman–Crippen MR) is 68.9 cm³/mol. The van der Waals surface area contributed by atoms with Gasteiger partial charge in [0.2, 0.25) is 0 Å². The molecule has 0 unspecified atom stereocenters. The summed E-state index contributed by atoms with van der Waals surface area (Å²) >= 11 is 0. The van der Waals surface area contributed by atoms with Gasteiger partial charge >= 0.3 is 0 Å². The van der Waals surface area contributed by atoms with Crippen molar-refractivity contribution < 1.29 is 9.13 Å². The van der Waals surface area contributed by atoms with E-state index >= 15 is 0 Å². The first-order valence-electron chi connectivity index (χ1n) is 6.46. The Bertz CT molecular complexity index is 392. The number of aromatic nitrogens is 1. The highest BCUT2D eigenvalue weighted by molar-refractivity contribution is 5.43. The first kappa shape index (κ1) is 13.2. The molecule has 0 atom stereocenters. The van der Waals surface area contributed by atoms with Crippen molar-refractivity contribution >= 4 is 5.82 Å². The van der Waals surface area contributed by atoms with Crippen LogP contribution in [-0.2, 0) is 11.3 Å². The van der Waals surface area contributed by atoms with Gasteiger partial charge in [-0.1, -0.05) is 0 Å². The third-order valence-corrected chi connectivity index (χ3v) is 3.31. The maximum absolute atomic E-state index is 14.1. The summed E-state index contributed by atoms with van der Waals surface area (Å²) in [5.41, 5.74) is 6.02.